The highest BCUT2D eigenvalue weighted by Gasteiger charge is 2.26. The number of urea groups is 1. The van der Waals surface area contributed by atoms with Crippen LogP contribution >= 0.6 is 0 Å². The average Bonchev–Trinajstić information content (AvgIpc) is 3.27. The Bertz CT molecular complexity index is 423. The standard InChI is InChI=1S/C18H31N3O3/c22-17(12-14-4-1-2-5-14)20-15-7-9-21(10-8-15)18(23)19-13-16-6-3-11-24-16/h14-16H,1-13H2,(H,19,23)(H,20,22)/t16-/m0/s1. The molecule has 1 saturated carbocycles. The van der Waals surface area contributed by atoms with E-state index in [0.29, 0.717) is 32.0 Å². The van der Waals surface area contributed by atoms with Gasteiger partial charge in [-0.25, -0.2) is 4.79 Å². The molecule has 1 aliphatic carbocycles. The summed E-state index contributed by atoms with van der Waals surface area (Å²) in [6, 6.07) is 0.224. The molecule has 1 atom stereocenters. The van der Waals surface area contributed by atoms with Gasteiger partial charge in [-0.1, -0.05) is 12.8 Å². The molecule has 2 heterocycles. The molecular weight excluding hydrogens is 306 g/mol. The van der Waals surface area contributed by atoms with Gasteiger partial charge in [0.2, 0.25) is 5.91 Å². The van der Waals surface area contributed by atoms with E-state index in [2.05, 4.69) is 10.6 Å². The summed E-state index contributed by atoms with van der Waals surface area (Å²) < 4.78 is 5.53. The number of ether oxygens (including phenoxy) is 1. The van der Waals surface area contributed by atoms with Gasteiger partial charge >= 0.3 is 6.03 Å². The van der Waals surface area contributed by atoms with Crippen molar-refractivity contribution in [3.63, 3.8) is 0 Å². The van der Waals surface area contributed by atoms with Gasteiger partial charge in [0.05, 0.1) is 6.10 Å². The lowest BCUT2D eigenvalue weighted by atomic mass is 10.0. The summed E-state index contributed by atoms with van der Waals surface area (Å²) in [7, 11) is 0. The Morgan fingerprint density at radius 1 is 1.00 bits per heavy atom. The normalized spacial score (nSPS) is 25.8. The Morgan fingerprint density at radius 3 is 2.42 bits per heavy atom. The van der Waals surface area contributed by atoms with Crippen molar-refractivity contribution >= 4 is 11.9 Å². The monoisotopic (exact) mass is 337 g/mol. The third kappa shape index (κ3) is 5.10. The first-order valence-electron chi connectivity index (χ1n) is 9.64. The molecule has 3 aliphatic rings. The molecule has 3 rings (SSSR count). The van der Waals surface area contributed by atoms with Gasteiger partial charge in [-0.05, 0) is 44.4 Å². The molecule has 0 aromatic carbocycles. The number of piperidine rings is 1. The highest BCUT2D eigenvalue weighted by Crippen LogP contribution is 2.27. The largest absolute Gasteiger partial charge is 0.376 e. The molecule has 0 unspecified atom stereocenters. The maximum Gasteiger partial charge on any atom is 0.317 e. The van der Waals surface area contributed by atoms with Gasteiger partial charge < -0.3 is 20.3 Å². The summed E-state index contributed by atoms with van der Waals surface area (Å²) in [5.74, 6) is 0.789. The first-order valence-corrected chi connectivity index (χ1v) is 9.64. The summed E-state index contributed by atoms with van der Waals surface area (Å²) in [6.45, 7) is 2.85. The second kappa shape index (κ2) is 8.70. The fourth-order valence-corrected chi connectivity index (χ4v) is 4.11. The van der Waals surface area contributed by atoms with Crippen molar-refractivity contribution in [3.05, 3.63) is 0 Å². The van der Waals surface area contributed by atoms with Crippen molar-refractivity contribution in [3.8, 4) is 0 Å². The average molecular weight is 337 g/mol. The molecule has 6 heteroatoms. The number of nitrogens with zero attached hydrogens (tertiary/aromatic N) is 1. The van der Waals surface area contributed by atoms with Crippen LogP contribution in [-0.2, 0) is 9.53 Å². The molecule has 0 aromatic rings. The van der Waals surface area contributed by atoms with E-state index in [1.54, 1.807) is 0 Å². The van der Waals surface area contributed by atoms with Crippen molar-refractivity contribution < 1.29 is 14.3 Å². The third-order valence-electron chi connectivity index (χ3n) is 5.60. The van der Waals surface area contributed by atoms with Crippen LogP contribution in [0.2, 0.25) is 0 Å². The lowest BCUT2D eigenvalue weighted by Gasteiger charge is -2.32. The molecule has 2 N–H and O–H groups in total. The minimum atomic E-state index is 0.00114. The second-order valence-corrected chi connectivity index (χ2v) is 7.50. The zero-order chi connectivity index (χ0) is 16.8. The number of hydrogen-bond acceptors (Lipinski definition) is 3. The van der Waals surface area contributed by atoms with E-state index >= 15 is 0 Å². The smallest absolute Gasteiger partial charge is 0.317 e. The van der Waals surface area contributed by atoms with Gasteiger partial charge in [0.15, 0.2) is 0 Å². The zero-order valence-corrected chi connectivity index (χ0v) is 14.6. The topological polar surface area (TPSA) is 70.7 Å². The highest BCUT2D eigenvalue weighted by molar-refractivity contribution is 5.77. The molecule has 136 valence electrons. The van der Waals surface area contributed by atoms with Crippen LogP contribution in [0.15, 0.2) is 0 Å². The van der Waals surface area contributed by atoms with Crippen molar-refractivity contribution in [2.24, 2.45) is 5.92 Å². The first-order chi connectivity index (χ1) is 11.7. The Labute approximate surface area is 144 Å². The molecular formula is C18H31N3O3. The van der Waals surface area contributed by atoms with Gasteiger partial charge in [0.25, 0.3) is 0 Å². The molecule has 0 aromatic heterocycles. The summed E-state index contributed by atoms with van der Waals surface area (Å²) in [4.78, 5) is 26.2. The van der Waals surface area contributed by atoms with Crippen molar-refractivity contribution in [1.29, 1.82) is 0 Å². The van der Waals surface area contributed by atoms with Gasteiger partial charge in [-0.15, -0.1) is 0 Å². The molecule has 0 spiro atoms. The van der Waals surface area contributed by atoms with Crippen LogP contribution in [-0.4, -0.2) is 55.2 Å². The van der Waals surface area contributed by atoms with Crippen LogP contribution in [0, 0.1) is 5.92 Å². The Morgan fingerprint density at radius 2 is 1.75 bits per heavy atom. The molecule has 3 fully saturated rings. The van der Waals surface area contributed by atoms with Gasteiger partial charge in [0, 0.05) is 38.7 Å². The highest BCUT2D eigenvalue weighted by atomic mass is 16.5. The number of hydrogen-bond donors (Lipinski definition) is 2. The number of rotatable bonds is 5. The molecule has 2 aliphatic heterocycles. The van der Waals surface area contributed by atoms with E-state index in [1.807, 2.05) is 4.90 Å². The van der Waals surface area contributed by atoms with Crippen LogP contribution < -0.4 is 10.6 Å². The molecule has 0 radical (unpaired) electrons. The lowest BCUT2D eigenvalue weighted by Crippen LogP contribution is -2.50. The van der Waals surface area contributed by atoms with E-state index in [0.717, 1.165) is 32.3 Å². The van der Waals surface area contributed by atoms with Crippen molar-refractivity contribution in [1.82, 2.24) is 15.5 Å². The first kappa shape index (κ1) is 17.5. The van der Waals surface area contributed by atoms with Crippen LogP contribution in [0.1, 0.15) is 57.8 Å². The molecule has 2 saturated heterocycles. The van der Waals surface area contributed by atoms with E-state index in [9.17, 15) is 9.59 Å². The zero-order valence-electron chi connectivity index (χ0n) is 14.6. The maximum atomic E-state index is 12.2. The molecule has 0 bridgehead atoms. The third-order valence-corrected chi connectivity index (χ3v) is 5.60. The lowest BCUT2D eigenvalue weighted by molar-refractivity contribution is -0.122. The second-order valence-electron chi connectivity index (χ2n) is 7.50. The van der Waals surface area contributed by atoms with Crippen molar-refractivity contribution in [2.45, 2.75) is 69.9 Å². The van der Waals surface area contributed by atoms with E-state index in [-0.39, 0.29) is 24.1 Å². The maximum absolute atomic E-state index is 12.2. The van der Waals surface area contributed by atoms with Crippen molar-refractivity contribution in [2.75, 3.05) is 26.2 Å². The quantitative estimate of drug-likeness (QED) is 0.806. The van der Waals surface area contributed by atoms with E-state index in [1.165, 1.54) is 25.7 Å². The van der Waals surface area contributed by atoms with Crippen LogP contribution in [0.3, 0.4) is 0 Å². The number of amides is 3. The van der Waals surface area contributed by atoms with Crippen LogP contribution in [0.25, 0.3) is 0 Å². The van der Waals surface area contributed by atoms with E-state index in [4.69, 9.17) is 4.74 Å². The molecule has 3 amide bonds. The summed E-state index contributed by atoms with van der Waals surface area (Å²) in [5, 5.41) is 6.14. The number of nitrogens with one attached hydrogen (secondary N) is 2. The number of carbonyl (C=O) groups excluding carboxylic acids is 2. The van der Waals surface area contributed by atoms with Crippen LogP contribution in [0.4, 0.5) is 4.79 Å². The van der Waals surface area contributed by atoms with Gasteiger partial charge in [-0.2, -0.15) is 0 Å². The summed E-state index contributed by atoms with van der Waals surface area (Å²) >= 11 is 0. The predicted molar refractivity (Wildman–Crippen MR) is 91.7 cm³/mol. The van der Waals surface area contributed by atoms with Gasteiger partial charge in [-0.3, -0.25) is 4.79 Å². The fraction of sp³-hybridized carbons (Fsp3) is 0.889. The fourth-order valence-electron chi connectivity index (χ4n) is 4.11. The minimum absolute atomic E-state index is 0.00114. The summed E-state index contributed by atoms with van der Waals surface area (Å²) in [6.07, 6.45) is 9.65. The SMILES string of the molecule is O=C(CC1CCCC1)NC1CCN(C(=O)NC[C@@H]2CCCO2)CC1. The van der Waals surface area contributed by atoms with Crippen LogP contribution in [0.5, 0.6) is 0 Å². The Kier molecular flexibility index (Phi) is 6.35. The Balaban J connectivity index is 1.31. The summed E-state index contributed by atoms with van der Waals surface area (Å²) in [5.41, 5.74) is 0. The van der Waals surface area contributed by atoms with Gasteiger partial charge in [0.1, 0.15) is 0 Å². The molecule has 24 heavy (non-hydrogen) atoms. The Hall–Kier alpha value is -1.30. The van der Waals surface area contributed by atoms with E-state index < -0.39 is 0 Å². The molecule has 6 nitrogen and oxygen atoms in total. The minimum Gasteiger partial charge on any atom is -0.376 e. The number of carbonyl (C=O) groups is 2. The predicted octanol–water partition coefficient (Wildman–Crippen LogP) is 2.04. The number of likely N-dealkylation sites (tertiary alicyclic amines) is 1.